The van der Waals surface area contributed by atoms with Crippen molar-refractivity contribution in [3.63, 3.8) is 0 Å². The molecule has 0 aromatic heterocycles. The van der Waals surface area contributed by atoms with E-state index in [2.05, 4.69) is 4.72 Å². The van der Waals surface area contributed by atoms with E-state index in [0.29, 0.717) is 18.7 Å². The molecule has 0 amide bonds. The van der Waals surface area contributed by atoms with Gasteiger partial charge >= 0.3 is 0 Å². The second kappa shape index (κ2) is 5.77. The Morgan fingerprint density at radius 1 is 1.33 bits per heavy atom. The van der Waals surface area contributed by atoms with E-state index in [9.17, 15) is 12.8 Å². The van der Waals surface area contributed by atoms with E-state index >= 15 is 0 Å². The summed E-state index contributed by atoms with van der Waals surface area (Å²) in [6.07, 6.45) is 1.84. The molecule has 0 aliphatic carbocycles. The van der Waals surface area contributed by atoms with Crippen LogP contribution in [0.25, 0.3) is 0 Å². The molecule has 1 unspecified atom stereocenters. The molecule has 1 saturated heterocycles. The minimum absolute atomic E-state index is 0.0204. The number of nitrogens with one attached hydrogen (secondary N) is 1. The van der Waals surface area contributed by atoms with Crippen LogP contribution in [0.5, 0.6) is 0 Å². The molecule has 1 aliphatic rings. The minimum atomic E-state index is -3.39. The maximum Gasteiger partial charge on any atom is 0.215 e. The van der Waals surface area contributed by atoms with Crippen LogP contribution in [-0.2, 0) is 20.5 Å². The third kappa shape index (κ3) is 4.04. The maximum absolute atomic E-state index is 12.7. The highest BCUT2D eigenvalue weighted by molar-refractivity contribution is 7.88. The SMILES string of the molecule is O=S(=O)(Cc1ccc(F)cc1)NCC1CCCO1. The largest absolute Gasteiger partial charge is 0.377 e. The second-order valence-electron chi connectivity index (χ2n) is 4.37. The van der Waals surface area contributed by atoms with E-state index in [1.165, 1.54) is 24.3 Å². The van der Waals surface area contributed by atoms with E-state index in [4.69, 9.17) is 4.74 Å². The molecule has 1 aromatic rings. The lowest BCUT2D eigenvalue weighted by molar-refractivity contribution is 0.114. The molecule has 4 nitrogen and oxygen atoms in total. The van der Waals surface area contributed by atoms with Crippen LogP contribution >= 0.6 is 0 Å². The van der Waals surface area contributed by atoms with Gasteiger partial charge in [-0.1, -0.05) is 12.1 Å². The van der Waals surface area contributed by atoms with Crippen molar-refractivity contribution in [1.82, 2.24) is 4.72 Å². The topological polar surface area (TPSA) is 55.4 Å². The van der Waals surface area contributed by atoms with Gasteiger partial charge in [0.15, 0.2) is 0 Å². The van der Waals surface area contributed by atoms with E-state index in [1.54, 1.807) is 0 Å². The van der Waals surface area contributed by atoms with Crippen LogP contribution in [-0.4, -0.2) is 27.7 Å². The quantitative estimate of drug-likeness (QED) is 0.883. The van der Waals surface area contributed by atoms with E-state index in [1.807, 2.05) is 0 Å². The summed E-state index contributed by atoms with van der Waals surface area (Å²) in [5.41, 5.74) is 0.566. The third-order valence-corrected chi connectivity index (χ3v) is 4.14. The van der Waals surface area contributed by atoms with Crippen molar-refractivity contribution in [2.45, 2.75) is 24.7 Å². The van der Waals surface area contributed by atoms with Crippen molar-refractivity contribution in [2.75, 3.05) is 13.2 Å². The van der Waals surface area contributed by atoms with Gasteiger partial charge in [0.1, 0.15) is 5.82 Å². The zero-order chi connectivity index (χ0) is 13.0. The average Bonchev–Trinajstić information content (AvgIpc) is 2.83. The first kappa shape index (κ1) is 13.5. The standard InChI is InChI=1S/C12H16FNO3S/c13-11-5-3-10(4-6-11)9-18(15,16)14-8-12-2-1-7-17-12/h3-6,12,14H,1-2,7-9H2. The normalized spacial score (nSPS) is 20.2. The van der Waals surface area contributed by atoms with E-state index in [0.717, 1.165) is 12.8 Å². The summed E-state index contributed by atoms with van der Waals surface area (Å²) in [6.45, 7) is 1.01. The predicted molar refractivity (Wildman–Crippen MR) is 66.0 cm³/mol. The third-order valence-electron chi connectivity index (χ3n) is 2.82. The fourth-order valence-electron chi connectivity index (χ4n) is 1.88. The molecule has 0 radical (unpaired) electrons. The molecule has 0 spiro atoms. The summed E-state index contributed by atoms with van der Waals surface area (Å²) in [4.78, 5) is 0. The van der Waals surface area contributed by atoms with Crippen LogP contribution in [0.3, 0.4) is 0 Å². The van der Waals surface area contributed by atoms with Gasteiger partial charge in [-0.25, -0.2) is 17.5 Å². The van der Waals surface area contributed by atoms with E-state index in [-0.39, 0.29) is 17.7 Å². The fraction of sp³-hybridized carbons (Fsp3) is 0.500. The van der Waals surface area contributed by atoms with Gasteiger partial charge < -0.3 is 4.74 Å². The van der Waals surface area contributed by atoms with Crippen LogP contribution in [0.15, 0.2) is 24.3 Å². The molecule has 2 rings (SSSR count). The van der Waals surface area contributed by atoms with Gasteiger partial charge in [0, 0.05) is 13.2 Å². The molecule has 18 heavy (non-hydrogen) atoms. The molecule has 1 heterocycles. The number of rotatable bonds is 5. The average molecular weight is 273 g/mol. The van der Waals surface area contributed by atoms with Crippen molar-refractivity contribution < 1.29 is 17.5 Å². The first-order chi connectivity index (χ1) is 8.55. The Morgan fingerprint density at radius 2 is 2.06 bits per heavy atom. The minimum Gasteiger partial charge on any atom is -0.377 e. The highest BCUT2D eigenvalue weighted by Gasteiger charge is 2.19. The van der Waals surface area contributed by atoms with Crippen LogP contribution in [0.4, 0.5) is 4.39 Å². The lowest BCUT2D eigenvalue weighted by Crippen LogP contribution is -2.32. The monoisotopic (exact) mass is 273 g/mol. The van der Waals surface area contributed by atoms with Crippen molar-refractivity contribution in [2.24, 2.45) is 0 Å². The maximum atomic E-state index is 12.7. The van der Waals surface area contributed by atoms with Gasteiger partial charge in [-0.2, -0.15) is 0 Å². The smallest absolute Gasteiger partial charge is 0.215 e. The fourth-order valence-corrected chi connectivity index (χ4v) is 3.05. The van der Waals surface area contributed by atoms with Crippen LogP contribution < -0.4 is 4.72 Å². The number of sulfonamides is 1. The van der Waals surface area contributed by atoms with Crippen molar-refractivity contribution in [3.8, 4) is 0 Å². The Bertz CT molecular complexity index is 481. The molecule has 6 heteroatoms. The summed E-state index contributed by atoms with van der Waals surface area (Å²) < 4.78 is 44.1. The van der Waals surface area contributed by atoms with Crippen molar-refractivity contribution >= 4 is 10.0 Å². The van der Waals surface area contributed by atoms with E-state index < -0.39 is 10.0 Å². The van der Waals surface area contributed by atoms with Gasteiger partial charge in [-0.05, 0) is 30.5 Å². The van der Waals surface area contributed by atoms with Crippen LogP contribution in [0.2, 0.25) is 0 Å². The Kier molecular flexibility index (Phi) is 4.31. The highest BCUT2D eigenvalue weighted by Crippen LogP contribution is 2.12. The van der Waals surface area contributed by atoms with Gasteiger partial charge in [0.25, 0.3) is 0 Å². The molecule has 1 atom stereocenters. The van der Waals surface area contributed by atoms with Crippen LogP contribution in [0, 0.1) is 5.82 Å². The van der Waals surface area contributed by atoms with Crippen LogP contribution in [0.1, 0.15) is 18.4 Å². The molecule has 1 fully saturated rings. The highest BCUT2D eigenvalue weighted by atomic mass is 32.2. The summed E-state index contributed by atoms with van der Waals surface area (Å²) in [7, 11) is -3.39. The van der Waals surface area contributed by atoms with Crippen molar-refractivity contribution in [3.05, 3.63) is 35.6 Å². The summed E-state index contributed by atoms with van der Waals surface area (Å²) in [6, 6.07) is 5.46. The number of ether oxygens (including phenoxy) is 1. The Hall–Kier alpha value is -0.980. The first-order valence-corrected chi connectivity index (χ1v) is 7.54. The van der Waals surface area contributed by atoms with Gasteiger partial charge in [-0.3, -0.25) is 0 Å². The summed E-state index contributed by atoms with van der Waals surface area (Å²) in [5.74, 6) is -0.511. The number of benzene rings is 1. The Morgan fingerprint density at radius 3 is 2.67 bits per heavy atom. The van der Waals surface area contributed by atoms with Crippen molar-refractivity contribution in [1.29, 1.82) is 0 Å². The molecule has 1 N–H and O–H groups in total. The zero-order valence-corrected chi connectivity index (χ0v) is 10.7. The van der Waals surface area contributed by atoms with Gasteiger partial charge in [0.05, 0.1) is 11.9 Å². The Labute approximate surface area is 106 Å². The molecular weight excluding hydrogens is 257 g/mol. The molecule has 100 valence electrons. The zero-order valence-electron chi connectivity index (χ0n) is 9.93. The number of hydrogen-bond acceptors (Lipinski definition) is 3. The number of halogens is 1. The second-order valence-corrected chi connectivity index (χ2v) is 6.18. The lowest BCUT2D eigenvalue weighted by atomic mass is 10.2. The Balaban J connectivity index is 1.88. The predicted octanol–water partition coefficient (Wildman–Crippen LogP) is 1.42. The first-order valence-electron chi connectivity index (χ1n) is 5.88. The molecular formula is C12H16FNO3S. The lowest BCUT2D eigenvalue weighted by Gasteiger charge is -2.11. The van der Waals surface area contributed by atoms with Gasteiger partial charge in [-0.15, -0.1) is 0 Å². The molecule has 1 aliphatic heterocycles. The molecule has 0 bridgehead atoms. The summed E-state index contributed by atoms with van der Waals surface area (Å²) in [5, 5.41) is 0. The molecule has 0 saturated carbocycles. The van der Waals surface area contributed by atoms with Gasteiger partial charge in [0.2, 0.25) is 10.0 Å². The number of hydrogen-bond donors (Lipinski definition) is 1. The molecule has 1 aromatic carbocycles. The summed E-state index contributed by atoms with van der Waals surface area (Å²) >= 11 is 0.